The van der Waals surface area contributed by atoms with E-state index in [0.717, 1.165) is 16.7 Å². The molecule has 144 valence electrons. The van der Waals surface area contributed by atoms with E-state index >= 15 is 0 Å². The lowest BCUT2D eigenvalue weighted by molar-refractivity contribution is -0.385. The van der Waals surface area contributed by atoms with E-state index in [0.29, 0.717) is 36.9 Å². The highest BCUT2D eigenvalue weighted by Gasteiger charge is 2.31. The molecule has 2 aromatic rings. The Labute approximate surface area is 158 Å². The summed E-state index contributed by atoms with van der Waals surface area (Å²) in [5.74, 6) is 0.611. The van der Waals surface area contributed by atoms with Crippen LogP contribution < -0.4 is 4.90 Å². The first kappa shape index (κ1) is 19.2. The fraction of sp³-hybridized carbons (Fsp3) is 0.389. The predicted molar refractivity (Wildman–Crippen MR) is 103 cm³/mol. The number of nitrogens with zero attached hydrogens (tertiary/aromatic N) is 4. The summed E-state index contributed by atoms with van der Waals surface area (Å²) >= 11 is 0. The minimum Gasteiger partial charge on any atom is -0.354 e. The number of aromatic nitrogens is 1. The number of nitro groups is 1. The molecule has 0 atom stereocenters. The largest absolute Gasteiger partial charge is 0.354 e. The Morgan fingerprint density at radius 1 is 1.04 bits per heavy atom. The molecule has 1 aromatic carbocycles. The lowest BCUT2D eigenvalue weighted by Crippen LogP contribution is -2.49. The third kappa shape index (κ3) is 3.79. The molecule has 0 aliphatic carbocycles. The molecule has 1 aromatic heterocycles. The van der Waals surface area contributed by atoms with Crippen molar-refractivity contribution in [2.24, 2.45) is 0 Å². The fourth-order valence-electron chi connectivity index (χ4n) is 3.53. The first-order valence-corrected chi connectivity index (χ1v) is 10.1. The van der Waals surface area contributed by atoms with Crippen molar-refractivity contribution in [1.82, 2.24) is 9.29 Å². The van der Waals surface area contributed by atoms with Crippen LogP contribution in [0.2, 0.25) is 0 Å². The van der Waals surface area contributed by atoms with Gasteiger partial charge in [0, 0.05) is 32.2 Å². The Morgan fingerprint density at radius 3 is 2.11 bits per heavy atom. The Bertz CT molecular complexity index is 942. The first-order valence-electron chi connectivity index (χ1n) is 8.63. The monoisotopic (exact) mass is 390 g/mol. The zero-order chi connectivity index (χ0) is 19.8. The van der Waals surface area contributed by atoms with Gasteiger partial charge in [0.15, 0.2) is 0 Å². The van der Waals surface area contributed by atoms with E-state index in [-0.39, 0.29) is 5.69 Å². The second-order valence-electron chi connectivity index (χ2n) is 6.75. The van der Waals surface area contributed by atoms with Gasteiger partial charge in [-0.05, 0) is 38.0 Å². The number of rotatable bonds is 4. The van der Waals surface area contributed by atoms with Crippen molar-refractivity contribution in [2.75, 3.05) is 31.1 Å². The molecule has 9 heteroatoms. The van der Waals surface area contributed by atoms with Crippen LogP contribution >= 0.6 is 0 Å². The van der Waals surface area contributed by atoms with Crippen LogP contribution in [0.4, 0.5) is 11.5 Å². The predicted octanol–water partition coefficient (Wildman–Crippen LogP) is 2.43. The van der Waals surface area contributed by atoms with Crippen molar-refractivity contribution in [1.29, 1.82) is 0 Å². The SMILES string of the molecule is Cc1cc(C)c(S(=O)(=O)N2CCN(c3ccc([N+](=O)[O-])cn3)CC2)c(C)c1. The molecule has 0 amide bonds. The summed E-state index contributed by atoms with van der Waals surface area (Å²) in [6.45, 7) is 7.24. The zero-order valence-electron chi connectivity index (χ0n) is 15.5. The molecule has 0 bridgehead atoms. The highest BCUT2D eigenvalue weighted by atomic mass is 32.2. The van der Waals surface area contributed by atoms with Crippen molar-refractivity contribution in [2.45, 2.75) is 25.7 Å². The molecule has 1 aliphatic heterocycles. The highest BCUT2D eigenvalue weighted by molar-refractivity contribution is 7.89. The average molecular weight is 390 g/mol. The number of hydrogen-bond donors (Lipinski definition) is 0. The average Bonchev–Trinajstić information content (AvgIpc) is 2.61. The molecular formula is C18H22N4O4S. The molecule has 0 radical (unpaired) electrons. The van der Waals surface area contributed by atoms with Crippen LogP contribution in [-0.2, 0) is 10.0 Å². The van der Waals surface area contributed by atoms with Crippen molar-refractivity contribution in [3.05, 3.63) is 57.3 Å². The Morgan fingerprint density at radius 2 is 1.63 bits per heavy atom. The molecule has 1 saturated heterocycles. The minimum absolute atomic E-state index is 0.0646. The molecule has 2 heterocycles. The van der Waals surface area contributed by atoms with Gasteiger partial charge in [0.25, 0.3) is 5.69 Å². The number of anilines is 1. The van der Waals surface area contributed by atoms with Crippen LogP contribution in [0.15, 0.2) is 35.4 Å². The maximum atomic E-state index is 13.1. The molecule has 1 fully saturated rings. The molecule has 0 spiro atoms. The van der Waals surface area contributed by atoms with Crippen molar-refractivity contribution >= 4 is 21.5 Å². The molecule has 1 aliphatic rings. The van der Waals surface area contributed by atoms with Crippen LogP contribution in [0.3, 0.4) is 0 Å². The minimum atomic E-state index is -3.57. The summed E-state index contributed by atoms with van der Waals surface area (Å²) in [5.41, 5.74) is 2.49. The molecule has 8 nitrogen and oxygen atoms in total. The summed E-state index contributed by atoms with van der Waals surface area (Å²) in [5, 5.41) is 10.7. The van der Waals surface area contributed by atoms with E-state index in [1.165, 1.54) is 16.6 Å². The summed E-state index contributed by atoms with van der Waals surface area (Å²) < 4.78 is 27.7. The quantitative estimate of drug-likeness (QED) is 0.588. The fourth-order valence-corrected chi connectivity index (χ4v) is 5.37. The van der Waals surface area contributed by atoms with Crippen molar-refractivity contribution in [3.63, 3.8) is 0 Å². The van der Waals surface area contributed by atoms with Crippen molar-refractivity contribution < 1.29 is 13.3 Å². The number of piperazine rings is 1. The van der Waals surface area contributed by atoms with Crippen LogP contribution in [0.25, 0.3) is 0 Å². The van der Waals surface area contributed by atoms with Crippen LogP contribution in [0.1, 0.15) is 16.7 Å². The van der Waals surface area contributed by atoms with Crippen molar-refractivity contribution in [3.8, 4) is 0 Å². The number of aryl methyl sites for hydroxylation is 3. The van der Waals surface area contributed by atoms with Gasteiger partial charge >= 0.3 is 0 Å². The maximum Gasteiger partial charge on any atom is 0.287 e. The maximum absolute atomic E-state index is 13.1. The topological polar surface area (TPSA) is 96.7 Å². The second kappa shape index (κ2) is 7.24. The standard InChI is InChI=1S/C18H22N4O4S/c1-13-10-14(2)18(15(3)11-13)27(25,26)21-8-6-20(7-9-21)17-5-4-16(12-19-17)22(23)24/h4-5,10-12H,6-9H2,1-3H3. The van der Waals surface area contributed by atoms with E-state index in [9.17, 15) is 18.5 Å². The van der Waals surface area contributed by atoms with Gasteiger partial charge in [-0.1, -0.05) is 17.7 Å². The summed E-state index contributed by atoms with van der Waals surface area (Å²) in [6.07, 6.45) is 1.22. The molecular weight excluding hydrogens is 368 g/mol. The zero-order valence-corrected chi connectivity index (χ0v) is 16.4. The van der Waals surface area contributed by atoms with Gasteiger partial charge in [0.2, 0.25) is 10.0 Å². The summed E-state index contributed by atoms with van der Waals surface area (Å²) in [4.78, 5) is 16.7. The van der Waals surface area contributed by atoms with E-state index in [4.69, 9.17) is 0 Å². The highest BCUT2D eigenvalue weighted by Crippen LogP contribution is 2.27. The van der Waals surface area contributed by atoms with Gasteiger partial charge in [-0.15, -0.1) is 0 Å². The lowest BCUT2D eigenvalue weighted by atomic mass is 10.1. The molecule has 0 N–H and O–H groups in total. The smallest absolute Gasteiger partial charge is 0.287 e. The van der Waals surface area contributed by atoms with E-state index < -0.39 is 14.9 Å². The van der Waals surface area contributed by atoms with Gasteiger partial charge in [0.05, 0.1) is 9.82 Å². The number of hydrogen-bond acceptors (Lipinski definition) is 6. The van der Waals surface area contributed by atoms with Gasteiger partial charge in [0.1, 0.15) is 12.0 Å². The summed E-state index contributed by atoms with van der Waals surface area (Å²) in [7, 11) is -3.57. The van der Waals surface area contributed by atoms with Gasteiger partial charge < -0.3 is 4.90 Å². The van der Waals surface area contributed by atoms with Gasteiger partial charge in [-0.2, -0.15) is 4.31 Å². The Balaban J connectivity index is 1.76. The van der Waals surface area contributed by atoms with Gasteiger partial charge in [-0.25, -0.2) is 13.4 Å². The third-order valence-corrected chi connectivity index (χ3v) is 6.91. The summed E-state index contributed by atoms with van der Waals surface area (Å²) in [6, 6.07) is 6.77. The van der Waals surface area contributed by atoms with E-state index in [1.807, 2.05) is 37.8 Å². The molecule has 0 saturated carbocycles. The Kier molecular flexibility index (Phi) is 5.16. The number of pyridine rings is 1. The molecule has 0 unspecified atom stereocenters. The Hall–Kier alpha value is -2.52. The normalized spacial score (nSPS) is 15.7. The number of benzene rings is 1. The molecule has 27 heavy (non-hydrogen) atoms. The molecule has 3 rings (SSSR count). The van der Waals surface area contributed by atoms with Crippen LogP contribution in [-0.4, -0.2) is 48.8 Å². The van der Waals surface area contributed by atoms with Crippen LogP contribution in [0.5, 0.6) is 0 Å². The third-order valence-electron chi connectivity index (χ3n) is 4.71. The lowest BCUT2D eigenvalue weighted by Gasteiger charge is -2.35. The second-order valence-corrected chi connectivity index (χ2v) is 8.63. The van der Waals surface area contributed by atoms with E-state index in [1.54, 1.807) is 6.07 Å². The van der Waals surface area contributed by atoms with E-state index in [2.05, 4.69) is 4.98 Å². The van der Waals surface area contributed by atoms with Crippen LogP contribution in [0, 0.1) is 30.9 Å². The first-order chi connectivity index (χ1) is 12.7. The number of sulfonamides is 1. The van der Waals surface area contributed by atoms with Gasteiger partial charge in [-0.3, -0.25) is 10.1 Å².